The number of aliphatic hydroxyl groups is 1. The van der Waals surface area contributed by atoms with E-state index in [0.29, 0.717) is 60.3 Å². The fraction of sp³-hybridized carbons (Fsp3) is 0.381. The molecule has 1 atom stereocenters. The van der Waals surface area contributed by atoms with E-state index in [-0.39, 0.29) is 23.2 Å². The van der Waals surface area contributed by atoms with Gasteiger partial charge < -0.3 is 25.1 Å². The maximum Gasteiger partial charge on any atom is 0.323 e. The summed E-state index contributed by atoms with van der Waals surface area (Å²) >= 11 is 0.999. The minimum Gasteiger partial charge on any atom is -0.489 e. The van der Waals surface area contributed by atoms with Crippen LogP contribution in [0.1, 0.15) is 12.8 Å². The van der Waals surface area contributed by atoms with Crippen LogP contribution in [0, 0.1) is 0 Å². The van der Waals surface area contributed by atoms with E-state index in [1.807, 2.05) is 0 Å². The van der Waals surface area contributed by atoms with Gasteiger partial charge in [-0.2, -0.15) is 13.1 Å². The minimum atomic E-state index is -3.66. The second kappa shape index (κ2) is 9.43. The molecule has 4 N–H and O–H groups in total. The zero-order valence-electron chi connectivity index (χ0n) is 18.1. The summed E-state index contributed by atoms with van der Waals surface area (Å²) in [4.78, 5) is 17.0. The Balaban J connectivity index is 1.12. The lowest BCUT2D eigenvalue weighted by Gasteiger charge is -2.32. The number of ether oxygens (including phenoxy) is 1. The highest BCUT2D eigenvalue weighted by molar-refractivity contribution is 7.89. The van der Waals surface area contributed by atoms with Crippen LogP contribution in [-0.4, -0.2) is 74.9 Å². The highest BCUT2D eigenvalue weighted by Gasteiger charge is 2.31. The number of benzene rings is 2. The van der Waals surface area contributed by atoms with Gasteiger partial charge in [0, 0.05) is 25.7 Å². The topological polar surface area (TPSA) is 153 Å². The number of H-pyrrole nitrogens is 2. The molecule has 1 saturated heterocycles. The molecular formula is C21H24N6O5S2. The molecule has 2 aromatic carbocycles. The number of imidazole rings is 1. The Kier molecular flexibility index (Phi) is 6.36. The Bertz CT molecular complexity index is 1460. The number of nitrogens with one attached hydrogen (secondary N) is 3. The number of nitrogens with zero attached hydrogens (tertiary/aromatic N) is 3. The lowest BCUT2D eigenvalue weighted by Crippen LogP contribution is -2.47. The summed E-state index contributed by atoms with van der Waals surface area (Å²) in [6.45, 7) is 1.12. The van der Waals surface area contributed by atoms with E-state index in [1.54, 1.807) is 36.4 Å². The van der Waals surface area contributed by atoms with Crippen LogP contribution in [0.15, 0.2) is 46.1 Å². The molecule has 0 bridgehead atoms. The van der Waals surface area contributed by atoms with Gasteiger partial charge in [0.1, 0.15) is 39.9 Å². The molecule has 0 spiro atoms. The van der Waals surface area contributed by atoms with Crippen molar-refractivity contribution in [3.63, 3.8) is 0 Å². The number of para-hydroxylation sites is 1. The Morgan fingerprint density at radius 1 is 1.18 bits per heavy atom. The van der Waals surface area contributed by atoms with E-state index in [9.17, 15) is 18.3 Å². The third-order valence-electron chi connectivity index (χ3n) is 5.91. The predicted molar refractivity (Wildman–Crippen MR) is 128 cm³/mol. The predicted octanol–water partition coefficient (Wildman–Crippen LogP) is 1.04. The van der Waals surface area contributed by atoms with Gasteiger partial charge in [0.05, 0.1) is 17.2 Å². The van der Waals surface area contributed by atoms with Gasteiger partial charge in [-0.15, -0.1) is 0 Å². The molecule has 0 amide bonds. The molecule has 13 heteroatoms. The quantitative estimate of drug-likeness (QED) is 0.278. The summed E-state index contributed by atoms with van der Waals surface area (Å²) in [5.74, 6) is 0.485. The molecule has 0 saturated carbocycles. The largest absolute Gasteiger partial charge is 0.489 e. The van der Waals surface area contributed by atoms with Gasteiger partial charge in [-0.1, -0.05) is 12.1 Å². The van der Waals surface area contributed by atoms with Crippen molar-refractivity contribution in [1.82, 2.24) is 28.3 Å². The zero-order chi connectivity index (χ0) is 23.7. The van der Waals surface area contributed by atoms with Gasteiger partial charge in [0.15, 0.2) is 0 Å². The van der Waals surface area contributed by atoms with Crippen LogP contribution in [0.4, 0.5) is 0 Å². The summed E-state index contributed by atoms with van der Waals surface area (Å²) < 4.78 is 41.8. The number of hydrogen-bond acceptors (Lipinski definition) is 9. The molecule has 2 aromatic heterocycles. The first-order chi connectivity index (χ1) is 16.4. The summed E-state index contributed by atoms with van der Waals surface area (Å²) in [6.07, 6.45) is 0.488. The van der Waals surface area contributed by atoms with Crippen LogP contribution in [-0.2, 0) is 10.0 Å². The third kappa shape index (κ3) is 4.57. The second-order valence-electron chi connectivity index (χ2n) is 8.20. The van der Waals surface area contributed by atoms with Crippen molar-refractivity contribution in [2.24, 2.45) is 0 Å². The Morgan fingerprint density at radius 3 is 2.79 bits per heavy atom. The number of hydrogen-bond donors (Lipinski definition) is 4. The van der Waals surface area contributed by atoms with Crippen molar-refractivity contribution in [3.8, 4) is 5.75 Å². The van der Waals surface area contributed by atoms with E-state index < -0.39 is 16.1 Å². The smallest absolute Gasteiger partial charge is 0.323 e. The van der Waals surface area contributed by atoms with Crippen molar-refractivity contribution in [2.75, 3.05) is 26.2 Å². The number of fused-ring (bicyclic) bond motifs is 2. The maximum atomic E-state index is 13.1. The van der Waals surface area contributed by atoms with Crippen molar-refractivity contribution in [3.05, 3.63) is 46.9 Å². The van der Waals surface area contributed by atoms with Gasteiger partial charge in [-0.3, -0.25) is 0 Å². The van der Waals surface area contributed by atoms with E-state index in [2.05, 4.69) is 24.0 Å². The molecule has 1 fully saturated rings. The van der Waals surface area contributed by atoms with Crippen LogP contribution >= 0.6 is 11.7 Å². The Labute approximate surface area is 199 Å². The Hall–Kier alpha value is -2.84. The molecule has 11 nitrogen and oxygen atoms in total. The first kappa shape index (κ1) is 22.9. The summed E-state index contributed by atoms with van der Waals surface area (Å²) in [5, 5.41) is 13.6. The summed E-state index contributed by atoms with van der Waals surface area (Å²) in [5.41, 5.74) is 1.87. The summed E-state index contributed by atoms with van der Waals surface area (Å²) in [6, 6.07) is 10.3. The SMILES string of the molecule is O=c1[nH]c2cccc(OC[C@@H](O)CNC3CCN(S(=O)(=O)c4cccc5nsnc45)CC3)c2[nH]1. The monoisotopic (exact) mass is 504 g/mol. The number of aromatic nitrogens is 4. The van der Waals surface area contributed by atoms with Crippen LogP contribution in [0.2, 0.25) is 0 Å². The lowest BCUT2D eigenvalue weighted by molar-refractivity contribution is 0.101. The minimum absolute atomic E-state index is 0.0538. The van der Waals surface area contributed by atoms with E-state index in [4.69, 9.17) is 4.74 Å². The molecule has 0 radical (unpaired) electrons. The Morgan fingerprint density at radius 2 is 1.97 bits per heavy atom. The molecule has 3 heterocycles. The number of rotatable bonds is 8. The number of aromatic amines is 2. The van der Waals surface area contributed by atoms with Crippen molar-refractivity contribution in [2.45, 2.75) is 29.9 Å². The average Bonchev–Trinajstić information content (AvgIpc) is 3.47. The maximum absolute atomic E-state index is 13.1. The molecule has 34 heavy (non-hydrogen) atoms. The standard InChI is InChI=1S/C21H24N6O5S2/c28-14(12-32-17-5-1-3-15-19(17)24-21(29)23-15)11-22-13-7-9-27(10-8-13)34(30,31)18-6-2-4-16-20(18)26-33-25-16/h1-6,13-14,22,28H,7-12H2,(H2,23,24,29)/t14-/m0/s1. The molecule has 0 aliphatic carbocycles. The van der Waals surface area contributed by atoms with Gasteiger partial charge in [0.2, 0.25) is 10.0 Å². The van der Waals surface area contributed by atoms with Gasteiger partial charge >= 0.3 is 5.69 Å². The van der Waals surface area contributed by atoms with Crippen LogP contribution in [0.3, 0.4) is 0 Å². The molecule has 1 aliphatic heterocycles. The molecule has 1 aliphatic rings. The normalized spacial score (nSPS) is 16.9. The molecule has 180 valence electrons. The molecule has 4 aromatic rings. The number of piperidine rings is 1. The molecular weight excluding hydrogens is 480 g/mol. The molecule has 0 unspecified atom stereocenters. The van der Waals surface area contributed by atoms with Gasteiger partial charge in [0.25, 0.3) is 0 Å². The van der Waals surface area contributed by atoms with E-state index in [1.165, 1.54) is 4.31 Å². The first-order valence-electron chi connectivity index (χ1n) is 10.9. The fourth-order valence-electron chi connectivity index (χ4n) is 4.13. The molecule has 5 rings (SSSR count). The van der Waals surface area contributed by atoms with E-state index in [0.717, 1.165) is 11.7 Å². The van der Waals surface area contributed by atoms with Crippen molar-refractivity contribution >= 4 is 43.8 Å². The summed E-state index contributed by atoms with van der Waals surface area (Å²) in [7, 11) is -3.66. The van der Waals surface area contributed by atoms with E-state index >= 15 is 0 Å². The number of aliphatic hydroxyl groups excluding tert-OH is 1. The van der Waals surface area contributed by atoms with Crippen LogP contribution in [0.5, 0.6) is 5.75 Å². The van der Waals surface area contributed by atoms with Gasteiger partial charge in [-0.25, -0.2) is 13.2 Å². The zero-order valence-corrected chi connectivity index (χ0v) is 19.7. The second-order valence-corrected chi connectivity index (χ2v) is 10.6. The highest BCUT2D eigenvalue weighted by atomic mass is 32.2. The lowest BCUT2D eigenvalue weighted by atomic mass is 10.1. The van der Waals surface area contributed by atoms with Crippen LogP contribution < -0.4 is 15.7 Å². The number of sulfonamides is 1. The van der Waals surface area contributed by atoms with Crippen LogP contribution in [0.25, 0.3) is 22.1 Å². The van der Waals surface area contributed by atoms with Crippen molar-refractivity contribution < 1.29 is 18.3 Å². The third-order valence-corrected chi connectivity index (χ3v) is 8.38. The average molecular weight is 505 g/mol. The highest BCUT2D eigenvalue weighted by Crippen LogP contribution is 2.26. The fourth-order valence-corrected chi connectivity index (χ4v) is 6.35. The first-order valence-corrected chi connectivity index (χ1v) is 13.1. The van der Waals surface area contributed by atoms with Crippen molar-refractivity contribution in [1.29, 1.82) is 0 Å². The van der Waals surface area contributed by atoms with Gasteiger partial charge in [-0.05, 0) is 37.1 Å².